The Kier molecular flexibility index (Phi) is 3.67. The summed E-state index contributed by atoms with van der Waals surface area (Å²) in [7, 11) is 1.63. The number of rotatable bonds is 5. The van der Waals surface area contributed by atoms with Crippen molar-refractivity contribution in [3.63, 3.8) is 0 Å². The highest BCUT2D eigenvalue weighted by molar-refractivity contribution is 5.84. The summed E-state index contributed by atoms with van der Waals surface area (Å²) < 4.78 is 10.3. The number of aryl methyl sites for hydroxylation is 2. The van der Waals surface area contributed by atoms with Gasteiger partial charge in [-0.25, -0.2) is 4.79 Å². The summed E-state index contributed by atoms with van der Waals surface area (Å²) in [5.41, 5.74) is 1.13. The number of methoxy groups -OCH3 is 1. The van der Waals surface area contributed by atoms with E-state index >= 15 is 0 Å². The van der Waals surface area contributed by atoms with E-state index in [1.807, 2.05) is 24.3 Å². The lowest BCUT2D eigenvalue weighted by Gasteiger charge is -2.03. The zero-order chi connectivity index (χ0) is 13.0. The monoisotopic (exact) mass is 246 g/mol. The molecule has 0 fully saturated rings. The normalized spacial score (nSPS) is 10.3. The van der Waals surface area contributed by atoms with Gasteiger partial charge in [-0.2, -0.15) is 0 Å². The lowest BCUT2D eigenvalue weighted by atomic mass is 10.1. The minimum Gasteiger partial charge on any atom is -0.497 e. The van der Waals surface area contributed by atoms with E-state index in [0.717, 1.165) is 17.7 Å². The number of carbonyl (C=O) groups is 1. The van der Waals surface area contributed by atoms with E-state index in [1.54, 1.807) is 13.2 Å². The lowest BCUT2D eigenvalue weighted by Crippen LogP contribution is -1.93. The fourth-order valence-electron chi connectivity index (χ4n) is 1.72. The van der Waals surface area contributed by atoms with Crippen LogP contribution in [-0.4, -0.2) is 18.2 Å². The van der Waals surface area contributed by atoms with Gasteiger partial charge in [0.1, 0.15) is 11.5 Å². The maximum atomic E-state index is 10.7. The second-order valence-electron chi connectivity index (χ2n) is 3.92. The maximum Gasteiger partial charge on any atom is 0.371 e. The fourth-order valence-corrected chi connectivity index (χ4v) is 1.72. The molecule has 2 aromatic rings. The molecule has 0 aliphatic carbocycles. The summed E-state index contributed by atoms with van der Waals surface area (Å²) in [5.74, 6) is 0.437. The van der Waals surface area contributed by atoms with E-state index in [4.69, 9.17) is 14.3 Å². The van der Waals surface area contributed by atoms with Crippen LogP contribution in [0.3, 0.4) is 0 Å². The molecular formula is C14H14O4. The Hall–Kier alpha value is -2.23. The molecule has 0 saturated carbocycles. The number of hydrogen-bond acceptors (Lipinski definition) is 3. The highest BCUT2D eigenvalue weighted by Crippen LogP contribution is 2.16. The average Bonchev–Trinajstić information content (AvgIpc) is 2.85. The molecule has 4 heteroatoms. The molecule has 0 saturated heterocycles. The predicted octanol–water partition coefficient (Wildman–Crippen LogP) is 2.77. The second-order valence-corrected chi connectivity index (χ2v) is 3.92. The van der Waals surface area contributed by atoms with Gasteiger partial charge in [-0.15, -0.1) is 0 Å². The van der Waals surface area contributed by atoms with E-state index < -0.39 is 5.97 Å². The molecule has 1 aromatic carbocycles. The third kappa shape index (κ3) is 2.91. The standard InChI is InChI=1S/C14H14O4/c1-17-12-4-2-3-10(9-12)5-6-11-7-8-13(18-11)14(15)16/h2-4,7-9H,5-6H2,1H3,(H,15,16). The van der Waals surface area contributed by atoms with Crippen molar-refractivity contribution in [1.82, 2.24) is 0 Å². The molecule has 0 unspecified atom stereocenters. The molecule has 4 nitrogen and oxygen atoms in total. The molecule has 1 N–H and O–H groups in total. The zero-order valence-electron chi connectivity index (χ0n) is 10.1. The molecule has 1 heterocycles. The second kappa shape index (κ2) is 5.40. The summed E-state index contributed by atoms with van der Waals surface area (Å²) in [6.07, 6.45) is 1.45. The first-order valence-corrected chi connectivity index (χ1v) is 5.64. The maximum absolute atomic E-state index is 10.7. The fraction of sp³-hybridized carbons (Fsp3) is 0.214. The Morgan fingerprint density at radius 1 is 1.28 bits per heavy atom. The molecule has 0 aliphatic rings. The van der Waals surface area contributed by atoms with Gasteiger partial charge in [0.25, 0.3) is 0 Å². The van der Waals surface area contributed by atoms with Gasteiger partial charge < -0.3 is 14.3 Å². The Balaban J connectivity index is 1.99. The topological polar surface area (TPSA) is 59.7 Å². The van der Waals surface area contributed by atoms with Gasteiger partial charge >= 0.3 is 5.97 Å². The van der Waals surface area contributed by atoms with Crippen molar-refractivity contribution in [3.05, 3.63) is 53.5 Å². The number of carboxylic acids is 1. The first kappa shape index (κ1) is 12.2. The number of benzene rings is 1. The molecule has 0 radical (unpaired) electrons. The van der Waals surface area contributed by atoms with Gasteiger partial charge in [-0.3, -0.25) is 0 Å². The van der Waals surface area contributed by atoms with Crippen LogP contribution in [0.5, 0.6) is 5.75 Å². The average molecular weight is 246 g/mol. The van der Waals surface area contributed by atoms with Crippen LogP contribution >= 0.6 is 0 Å². The number of carboxylic acid groups (broad SMARTS) is 1. The van der Waals surface area contributed by atoms with Crippen molar-refractivity contribution >= 4 is 5.97 Å². The van der Waals surface area contributed by atoms with Gasteiger partial charge in [0.05, 0.1) is 7.11 Å². The number of ether oxygens (including phenoxy) is 1. The van der Waals surface area contributed by atoms with Gasteiger partial charge in [0.15, 0.2) is 0 Å². The van der Waals surface area contributed by atoms with Crippen LogP contribution in [0.1, 0.15) is 21.9 Å². The summed E-state index contributed by atoms with van der Waals surface area (Å²) in [6, 6.07) is 11.0. The number of aromatic carboxylic acids is 1. The molecule has 0 atom stereocenters. The van der Waals surface area contributed by atoms with E-state index in [9.17, 15) is 4.79 Å². The Morgan fingerprint density at radius 3 is 2.78 bits per heavy atom. The Morgan fingerprint density at radius 2 is 2.11 bits per heavy atom. The predicted molar refractivity (Wildman–Crippen MR) is 66.1 cm³/mol. The van der Waals surface area contributed by atoms with Crippen LogP contribution in [0.25, 0.3) is 0 Å². The molecule has 1 aromatic heterocycles. The van der Waals surface area contributed by atoms with E-state index in [1.165, 1.54) is 6.07 Å². The third-order valence-corrected chi connectivity index (χ3v) is 2.67. The van der Waals surface area contributed by atoms with E-state index in [0.29, 0.717) is 12.2 Å². The van der Waals surface area contributed by atoms with E-state index in [-0.39, 0.29) is 5.76 Å². The SMILES string of the molecule is COc1cccc(CCc2ccc(C(=O)O)o2)c1. The van der Waals surface area contributed by atoms with E-state index in [2.05, 4.69) is 0 Å². The van der Waals surface area contributed by atoms with Crippen LogP contribution in [0.2, 0.25) is 0 Å². The zero-order valence-corrected chi connectivity index (χ0v) is 10.1. The molecule has 94 valence electrons. The minimum atomic E-state index is -1.04. The van der Waals surface area contributed by atoms with Gasteiger partial charge in [-0.05, 0) is 36.2 Å². The molecule has 0 aliphatic heterocycles. The van der Waals surface area contributed by atoms with Gasteiger partial charge in [0, 0.05) is 6.42 Å². The van der Waals surface area contributed by atoms with Crippen LogP contribution in [0.15, 0.2) is 40.8 Å². The van der Waals surface area contributed by atoms with Crippen molar-refractivity contribution in [3.8, 4) is 5.75 Å². The first-order chi connectivity index (χ1) is 8.69. The van der Waals surface area contributed by atoms with Crippen LogP contribution in [0, 0.1) is 0 Å². The van der Waals surface area contributed by atoms with Crippen LogP contribution in [0.4, 0.5) is 0 Å². The molecule has 0 spiro atoms. The highest BCUT2D eigenvalue weighted by atomic mass is 16.5. The van der Waals surface area contributed by atoms with Crippen molar-refractivity contribution in [2.75, 3.05) is 7.11 Å². The Bertz CT molecular complexity index is 542. The largest absolute Gasteiger partial charge is 0.497 e. The molecular weight excluding hydrogens is 232 g/mol. The summed E-state index contributed by atoms with van der Waals surface area (Å²) in [6.45, 7) is 0. The Labute approximate surface area is 105 Å². The van der Waals surface area contributed by atoms with Crippen molar-refractivity contribution in [2.24, 2.45) is 0 Å². The van der Waals surface area contributed by atoms with Gasteiger partial charge in [-0.1, -0.05) is 12.1 Å². The summed E-state index contributed by atoms with van der Waals surface area (Å²) in [4.78, 5) is 10.7. The quantitative estimate of drug-likeness (QED) is 0.881. The third-order valence-electron chi connectivity index (χ3n) is 2.67. The first-order valence-electron chi connectivity index (χ1n) is 5.64. The van der Waals surface area contributed by atoms with Crippen molar-refractivity contribution < 1.29 is 19.1 Å². The van der Waals surface area contributed by atoms with Crippen molar-refractivity contribution in [1.29, 1.82) is 0 Å². The number of furan rings is 1. The minimum absolute atomic E-state index is 0.0179. The highest BCUT2D eigenvalue weighted by Gasteiger charge is 2.08. The van der Waals surface area contributed by atoms with Crippen LogP contribution in [-0.2, 0) is 12.8 Å². The van der Waals surface area contributed by atoms with Crippen molar-refractivity contribution in [2.45, 2.75) is 12.8 Å². The number of hydrogen-bond donors (Lipinski definition) is 1. The summed E-state index contributed by atoms with van der Waals surface area (Å²) in [5, 5.41) is 8.74. The van der Waals surface area contributed by atoms with Gasteiger partial charge in [0.2, 0.25) is 5.76 Å². The smallest absolute Gasteiger partial charge is 0.371 e. The molecule has 0 bridgehead atoms. The molecule has 2 rings (SSSR count). The summed E-state index contributed by atoms with van der Waals surface area (Å²) >= 11 is 0. The molecule has 18 heavy (non-hydrogen) atoms. The molecule has 0 amide bonds. The van der Waals surface area contributed by atoms with Crippen LogP contribution < -0.4 is 4.74 Å². The lowest BCUT2D eigenvalue weighted by molar-refractivity contribution is 0.0660.